The smallest absolute Gasteiger partial charge is 0.251 e. The van der Waals surface area contributed by atoms with Crippen molar-refractivity contribution in [2.24, 2.45) is 0 Å². The van der Waals surface area contributed by atoms with E-state index in [1.54, 1.807) is 31.6 Å². The predicted octanol–water partition coefficient (Wildman–Crippen LogP) is 4.31. The van der Waals surface area contributed by atoms with Crippen LogP contribution in [0.5, 0.6) is 5.75 Å². The maximum Gasteiger partial charge on any atom is 0.251 e. The maximum atomic E-state index is 12.6. The Hall–Kier alpha value is -3.33. The Morgan fingerprint density at radius 2 is 1.97 bits per heavy atom. The fraction of sp³-hybridized carbons (Fsp3) is 0.208. The number of carbonyl (C=O) groups excluding carboxylic acids is 1. The molecule has 3 heterocycles. The van der Waals surface area contributed by atoms with E-state index in [1.165, 1.54) is 0 Å². The van der Waals surface area contributed by atoms with E-state index in [0.717, 1.165) is 41.8 Å². The lowest BCUT2D eigenvalue weighted by atomic mass is 10.1. The van der Waals surface area contributed by atoms with E-state index in [4.69, 9.17) is 4.74 Å². The van der Waals surface area contributed by atoms with E-state index in [1.807, 2.05) is 24.3 Å². The number of carbonyl (C=O) groups is 1. The first kappa shape index (κ1) is 25.3. The van der Waals surface area contributed by atoms with Gasteiger partial charge in [-0.3, -0.25) is 9.78 Å². The second-order valence-electron chi connectivity index (χ2n) is 7.76. The number of anilines is 2. The van der Waals surface area contributed by atoms with Gasteiger partial charge >= 0.3 is 0 Å². The number of aromatic amines is 1. The molecule has 0 aliphatic carbocycles. The van der Waals surface area contributed by atoms with Gasteiger partial charge in [-0.05, 0) is 43.3 Å². The van der Waals surface area contributed by atoms with E-state index >= 15 is 0 Å². The van der Waals surface area contributed by atoms with E-state index < -0.39 is 0 Å². The molecule has 4 aromatic rings. The number of nitrogens with one attached hydrogen (secondary N) is 4. The molecule has 8 nitrogen and oxygen atoms in total. The van der Waals surface area contributed by atoms with Crippen molar-refractivity contribution in [2.75, 3.05) is 25.5 Å². The molecule has 2 aromatic carbocycles. The van der Waals surface area contributed by atoms with Crippen molar-refractivity contribution in [3.05, 3.63) is 66.5 Å². The highest BCUT2D eigenvalue weighted by Gasteiger charge is 2.18. The van der Waals surface area contributed by atoms with Crippen LogP contribution in [0.15, 0.2) is 60.9 Å². The second kappa shape index (κ2) is 11.2. The molecule has 34 heavy (non-hydrogen) atoms. The minimum absolute atomic E-state index is 0. The summed E-state index contributed by atoms with van der Waals surface area (Å²) in [5.41, 5.74) is 3.92. The van der Waals surface area contributed by atoms with Crippen LogP contribution in [0.2, 0.25) is 0 Å². The van der Waals surface area contributed by atoms with Crippen molar-refractivity contribution in [1.82, 2.24) is 25.6 Å². The molecule has 1 aliphatic rings. The molecule has 0 saturated carbocycles. The molecule has 4 N–H and O–H groups in total. The highest BCUT2D eigenvalue weighted by Crippen LogP contribution is 2.29. The lowest BCUT2D eigenvalue weighted by molar-refractivity contribution is 0.0939. The minimum Gasteiger partial charge on any atom is -0.495 e. The fourth-order valence-electron chi connectivity index (χ4n) is 3.89. The summed E-state index contributed by atoms with van der Waals surface area (Å²) in [4.78, 5) is 25.0. The zero-order chi connectivity index (χ0) is 21.9. The number of hydrogen-bond acceptors (Lipinski definition) is 6. The van der Waals surface area contributed by atoms with Gasteiger partial charge in [-0.15, -0.1) is 24.8 Å². The van der Waals surface area contributed by atoms with Crippen LogP contribution < -0.4 is 20.7 Å². The molecule has 0 bridgehead atoms. The summed E-state index contributed by atoms with van der Waals surface area (Å²) in [7, 11) is 1.58. The van der Waals surface area contributed by atoms with Crippen LogP contribution in [0.25, 0.3) is 22.3 Å². The van der Waals surface area contributed by atoms with Gasteiger partial charge in [0, 0.05) is 29.1 Å². The molecule has 2 aromatic heterocycles. The standard InChI is InChI=1S/C24H24N6O2.2ClH/c1-32-22-11-16(24(31)27-17-8-9-25-12-17)6-7-19(22)29-23-14-26-13-21(30-23)20-10-15-4-2-3-5-18(15)28-20;;/h2-7,10-11,13-14,17,25,28H,8-9,12H2,1H3,(H,27,31)(H,29,30);2*1H/t17-;;/m1../s1. The number of ether oxygens (including phenoxy) is 1. The lowest BCUT2D eigenvalue weighted by Crippen LogP contribution is -2.36. The van der Waals surface area contributed by atoms with Crippen molar-refractivity contribution in [3.8, 4) is 17.1 Å². The Kier molecular flexibility index (Phi) is 8.33. The van der Waals surface area contributed by atoms with Gasteiger partial charge in [0.2, 0.25) is 0 Å². The van der Waals surface area contributed by atoms with Gasteiger partial charge in [-0.25, -0.2) is 4.98 Å². The summed E-state index contributed by atoms with van der Waals surface area (Å²) in [5.74, 6) is 1.03. The molecule has 178 valence electrons. The summed E-state index contributed by atoms with van der Waals surface area (Å²) in [6, 6.07) is 15.6. The number of benzene rings is 2. The largest absolute Gasteiger partial charge is 0.495 e. The molecule has 5 rings (SSSR count). The van der Waals surface area contributed by atoms with Crippen LogP contribution >= 0.6 is 24.8 Å². The number of aromatic nitrogens is 3. The van der Waals surface area contributed by atoms with Crippen molar-refractivity contribution < 1.29 is 9.53 Å². The highest BCUT2D eigenvalue weighted by molar-refractivity contribution is 5.95. The van der Waals surface area contributed by atoms with Gasteiger partial charge in [0.05, 0.1) is 30.9 Å². The first-order valence-corrected chi connectivity index (χ1v) is 10.6. The molecule has 1 aliphatic heterocycles. The summed E-state index contributed by atoms with van der Waals surface area (Å²) in [6.45, 7) is 1.73. The van der Waals surface area contributed by atoms with E-state index in [2.05, 4.69) is 43.0 Å². The Bertz CT molecular complexity index is 1240. The quantitative estimate of drug-likeness (QED) is 0.314. The average molecular weight is 501 g/mol. The van der Waals surface area contributed by atoms with Crippen LogP contribution in [0, 0.1) is 0 Å². The van der Waals surface area contributed by atoms with Crippen molar-refractivity contribution in [1.29, 1.82) is 0 Å². The van der Waals surface area contributed by atoms with Crippen LogP contribution in [0.1, 0.15) is 16.8 Å². The summed E-state index contributed by atoms with van der Waals surface area (Å²) < 4.78 is 5.52. The Balaban J connectivity index is 0.00000162. The first-order valence-electron chi connectivity index (χ1n) is 10.6. The molecule has 1 amide bonds. The number of hydrogen-bond donors (Lipinski definition) is 4. The number of rotatable bonds is 6. The Labute approximate surface area is 209 Å². The topological polar surface area (TPSA) is 104 Å². The SMILES string of the molecule is COc1cc(C(=O)N[C@@H]2CCNC2)ccc1Nc1cncc(-c2cc3ccccc3[nH]2)n1.Cl.Cl. The predicted molar refractivity (Wildman–Crippen MR) is 139 cm³/mol. The van der Waals surface area contributed by atoms with Crippen LogP contribution in [0.3, 0.4) is 0 Å². The molecular weight excluding hydrogens is 475 g/mol. The third-order valence-corrected chi connectivity index (χ3v) is 5.56. The van der Waals surface area contributed by atoms with Gasteiger partial charge < -0.3 is 25.7 Å². The number of halogens is 2. The molecular formula is C24H26Cl2N6O2. The molecule has 0 radical (unpaired) electrons. The van der Waals surface area contributed by atoms with Gasteiger partial charge in [-0.1, -0.05) is 18.2 Å². The number of fused-ring (bicyclic) bond motifs is 1. The Morgan fingerprint density at radius 1 is 1.12 bits per heavy atom. The summed E-state index contributed by atoms with van der Waals surface area (Å²) in [5, 5.41) is 10.7. The van der Waals surface area contributed by atoms with Gasteiger partial charge in [0.15, 0.2) is 0 Å². The number of nitrogens with zero attached hydrogens (tertiary/aromatic N) is 2. The molecule has 0 spiro atoms. The van der Waals surface area contributed by atoms with E-state index in [-0.39, 0.29) is 36.8 Å². The third kappa shape index (κ3) is 5.41. The van der Waals surface area contributed by atoms with Crippen molar-refractivity contribution in [2.45, 2.75) is 12.5 Å². The minimum atomic E-state index is -0.107. The van der Waals surface area contributed by atoms with Crippen LogP contribution in [0.4, 0.5) is 11.5 Å². The number of methoxy groups -OCH3 is 1. The fourth-order valence-corrected chi connectivity index (χ4v) is 3.89. The van der Waals surface area contributed by atoms with Crippen LogP contribution in [-0.2, 0) is 0 Å². The molecule has 0 unspecified atom stereocenters. The number of para-hydroxylation sites is 1. The third-order valence-electron chi connectivity index (χ3n) is 5.56. The second-order valence-corrected chi connectivity index (χ2v) is 7.76. The monoisotopic (exact) mass is 500 g/mol. The van der Waals surface area contributed by atoms with Gasteiger partial charge in [0.1, 0.15) is 17.3 Å². The Morgan fingerprint density at radius 3 is 2.74 bits per heavy atom. The molecule has 10 heteroatoms. The lowest BCUT2D eigenvalue weighted by Gasteiger charge is -2.14. The molecule has 1 fully saturated rings. The number of amides is 1. The average Bonchev–Trinajstić information content (AvgIpc) is 3.49. The summed E-state index contributed by atoms with van der Waals surface area (Å²) >= 11 is 0. The summed E-state index contributed by atoms with van der Waals surface area (Å²) in [6.07, 6.45) is 4.31. The van der Waals surface area contributed by atoms with Crippen molar-refractivity contribution in [3.63, 3.8) is 0 Å². The molecule has 1 saturated heterocycles. The van der Waals surface area contributed by atoms with Gasteiger partial charge in [0.25, 0.3) is 5.91 Å². The van der Waals surface area contributed by atoms with E-state index in [0.29, 0.717) is 22.8 Å². The van der Waals surface area contributed by atoms with Crippen LogP contribution in [-0.4, -0.2) is 47.1 Å². The maximum absolute atomic E-state index is 12.6. The molecule has 1 atom stereocenters. The van der Waals surface area contributed by atoms with Gasteiger partial charge in [-0.2, -0.15) is 0 Å². The zero-order valence-electron chi connectivity index (χ0n) is 18.5. The first-order chi connectivity index (χ1) is 15.7. The normalized spacial score (nSPS) is 14.7. The number of H-pyrrole nitrogens is 1. The zero-order valence-corrected chi connectivity index (χ0v) is 20.1. The van der Waals surface area contributed by atoms with E-state index in [9.17, 15) is 4.79 Å². The highest BCUT2D eigenvalue weighted by atomic mass is 35.5. The van der Waals surface area contributed by atoms with Crippen molar-refractivity contribution >= 4 is 53.1 Å².